The average Bonchev–Trinajstić information content (AvgIpc) is 1.88. The lowest BCUT2D eigenvalue weighted by atomic mass is 10.3. The van der Waals surface area contributed by atoms with Crippen molar-refractivity contribution >= 4 is 28.9 Å². The van der Waals surface area contributed by atoms with E-state index in [4.69, 9.17) is 23.2 Å². The van der Waals surface area contributed by atoms with Crippen molar-refractivity contribution in [3.8, 4) is 0 Å². The Morgan fingerprint density at radius 3 is 2.00 bits per heavy atom. The largest absolute Gasteiger partial charge is 0.685 e. The SMILES string of the molecule is C[N-]c1c(Cl)cccc1Cl. The first kappa shape index (κ1) is 7.70. The van der Waals surface area contributed by atoms with Crippen LogP contribution in [0.3, 0.4) is 0 Å². The molecule has 0 radical (unpaired) electrons. The third kappa shape index (κ3) is 1.36. The van der Waals surface area contributed by atoms with Gasteiger partial charge in [0.2, 0.25) is 0 Å². The lowest BCUT2D eigenvalue weighted by molar-refractivity contribution is 1.61. The highest BCUT2D eigenvalue weighted by Gasteiger charge is 1.92. The van der Waals surface area contributed by atoms with Gasteiger partial charge in [-0.2, -0.15) is 0 Å². The number of rotatable bonds is 1. The highest BCUT2D eigenvalue weighted by Crippen LogP contribution is 2.34. The van der Waals surface area contributed by atoms with Crippen LogP contribution in [-0.4, -0.2) is 7.05 Å². The minimum absolute atomic E-state index is 0.593. The Hall–Kier alpha value is -0.400. The van der Waals surface area contributed by atoms with E-state index in [2.05, 4.69) is 5.32 Å². The van der Waals surface area contributed by atoms with Crippen molar-refractivity contribution in [3.05, 3.63) is 33.6 Å². The lowest BCUT2D eigenvalue weighted by Gasteiger charge is -2.17. The van der Waals surface area contributed by atoms with E-state index in [0.29, 0.717) is 15.7 Å². The summed E-state index contributed by atoms with van der Waals surface area (Å²) in [6.07, 6.45) is 0. The van der Waals surface area contributed by atoms with E-state index in [1.165, 1.54) is 0 Å². The number of para-hydroxylation sites is 1. The smallest absolute Gasteiger partial charge is 0.0271 e. The Morgan fingerprint density at radius 2 is 1.70 bits per heavy atom. The van der Waals surface area contributed by atoms with Crippen LogP contribution in [0, 0.1) is 0 Å². The van der Waals surface area contributed by atoms with Gasteiger partial charge in [0, 0.05) is 10.0 Å². The fourth-order valence-electron chi connectivity index (χ4n) is 0.703. The number of hydrogen-bond acceptors (Lipinski definition) is 0. The van der Waals surface area contributed by atoms with Gasteiger partial charge in [-0.05, 0) is 12.1 Å². The molecular formula is C7H6Cl2N-. The molecule has 0 saturated carbocycles. The maximum absolute atomic E-state index is 5.75. The second kappa shape index (κ2) is 3.13. The molecule has 0 aliphatic heterocycles. The quantitative estimate of drug-likeness (QED) is 0.618. The molecule has 0 aliphatic rings. The van der Waals surface area contributed by atoms with Crippen molar-refractivity contribution in [1.82, 2.24) is 0 Å². The topological polar surface area (TPSA) is 14.1 Å². The number of hydrogen-bond donors (Lipinski definition) is 0. The third-order valence-electron chi connectivity index (χ3n) is 1.16. The van der Waals surface area contributed by atoms with Crippen LogP contribution < -0.4 is 0 Å². The molecule has 0 aliphatic carbocycles. The van der Waals surface area contributed by atoms with Gasteiger partial charge < -0.3 is 5.32 Å². The summed E-state index contributed by atoms with van der Waals surface area (Å²) in [5.74, 6) is 0. The van der Waals surface area contributed by atoms with E-state index in [1.54, 1.807) is 25.2 Å². The van der Waals surface area contributed by atoms with Crippen molar-refractivity contribution in [2.24, 2.45) is 0 Å². The maximum atomic E-state index is 5.75. The summed E-state index contributed by atoms with van der Waals surface area (Å²) in [7, 11) is 1.66. The zero-order valence-corrected chi connectivity index (χ0v) is 6.95. The molecule has 0 atom stereocenters. The molecule has 0 amide bonds. The normalized spacial score (nSPS) is 9.50. The van der Waals surface area contributed by atoms with Crippen LogP contribution in [0.1, 0.15) is 0 Å². The first-order valence-electron chi connectivity index (χ1n) is 2.79. The molecule has 1 rings (SSSR count). The number of nitrogens with zero attached hydrogens (tertiary/aromatic N) is 1. The van der Waals surface area contributed by atoms with Gasteiger partial charge in [0.25, 0.3) is 0 Å². The van der Waals surface area contributed by atoms with Gasteiger partial charge in [-0.3, -0.25) is 0 Å². The first-order chi connectivity index (χ1) is 4.75. The Balaban J connectivity index is 3.17. The molecule has 0 fully saturated rings. The van der Waals surface area contributed by atoms with Gasteiger partial charge in [0.05, 0.1) is 0 Å². The first-order valence-corrected chi connectivity index (χ1v) is 3.55. The zero-order valence-electron chi connectivity index (χ0n) is 5.44. The summed E-state index contributed by atoms with van der Waals surface area (Å²) in [5.41, 5.74) is 0.658. The molecule has 0 aromatic heterocycles. The van der Waals surface area contributed by atoms with Crippen molar-refractivity contribution in [2.45, 2.75) is 0 Å². The van der Waals surface area contributed by atoms with Crippen molar-refractivity contribution in [1.29, 1.82) is 0 Å². The summed E-state index contributed by atoms with van der Waals surface area (Å²) in [5, 5.41) is 5.09. The lowest BCUT2D eigenvalue weighted by Crippen LogP contribution is -1.70. The summed E-state index contributed by atoms with van der Waals surface area (Å²) in [4.78, 5) is 0. The Labute approximate surface area is 70.0 Å². The minimum atomic E-state index is 0.593. The van der Waals surface area contributed by atoms with E-state index in [9.17, 15) is 0 Å². The van der Waals surface area contributed by atoms with Gasteiger partial charge >= 0.3 is 0 Å². The van der Waals surface area contributed by atoms with Crippen LogP contribution in [0.2, 0.25) is 10.0 Å². The average molecular weight is 175 g/mol. The molecular weight excluding hydrogens is 169 g/mol. The molecule has 1 aromatic rings. The van der Waals surface area contributed by atoms with Crippen LogP contribution in [0.15, 0.2) is 18.2 Å². The maximum Gasteiger partial charge on any atom is 0.0271 e. The molecule has 3 heteroatoms. The fraction of sp³-hybridized carbons (Fsp3) is 0.143. The second-order valence-corrected chi connectivity index (χ2v) is 2.61. The monoisotopic (exact) mass is 174 g/mol. The van der Waals surface area contributed by atoms with Crippen molar-refractivity contribution in [2.75, 3.05) is 7.05 Å². The number of benzene rings is 1. The van der Waals surface area contributed by atoms with Crippen LogP contribution in [0.5, 0.6) is 0 Å². The van der Waals surface area contributed by atoms with E-state index < -0.39 is 0 Å². The molecule has 0 bridgehead atoms. The minimum Gasteiger partial charge on any atom is -0.685 e. The standard InChI is InChI=1S/C7H6Cl2N/c1-10-7-5(8)3-2-4-6(7)9/h2-4H,1H3/q-1. The van der Waals surface area contributed by atoms with Gasteiger partial charge in [0.1, 0.15) is 0 Å². The summed E-state index contributed by atoms with van der Waals surface area (Å²) < 4.78 is 0. The predicted molar refractivity (Wildman–Crippen MR) is 45.4 cm³/mol. The molecule has 54 valence electrons. The second-order valence-electron chi connectivity index (χ2n) is 1.79. The van der Waals surface area contributed by atoms with E-state index in [-0.39, 0.29) is 0 Å². The molecule has 0 N–H and O–H groups in total. The zero-order chi connectivity index (χ0) is 7.56. The molecule has 0 saturated heterocycles. The third-order valence-corrected chi connectivity index (χ3v) is 1.77. The molecule has 0 heterocycles. The van der Waals surface area contributed by atoms with E-state index >= 15 is 0 Å². The Bertz CT molecular complexity index is 215. The molecule has 10 heavy (non-hydrogen) atoms. The van der Waals surface area contributed by atoms with Gasteiger partial charge in [0.15, 0.2) is 0 Å². The van der Waals surface area contributed by atoms with Crippen LogP contribution in [0.25, 0.3) is 5.32 Å². The summed E-state index contributed by atoms with van der Waals surface area (Å²) >= 11 is 11.5. The molecule has 1 nitrogen and oxygen atoms in total. The molecule has 0 spiro atoms. The highest BCUT2D eigenvalue weighted by molar-refractivity contribution is 6.39. The number of halogens is 2. The highest BCUT2D eigenvalue weighted by atomic mass is 35.5. The molecule has 1 aromatic carbocycles. The molecule has 0 unspecified atom stereocenters. The van der Waals surface area contributed by atoms with Crippen molar-refractivity contribution < 1.29 is 0 Å². The van der Waals surface area contributed by atoms with Gasteiger partial charge in [-0.15, -0.1) is 12.7 Å². The van der Waals surface area contributed by atoms with Crippen LogP contribution in [-0.2, 0) is 0 Å². The Morgan fingerprint density at radius 1 is 1.20 bits per heavy atom. The van der Waals surface area contributed by atoms with E-state index in [0.717, 1.165) is 0 Å². The Kier molecular flexibility index (Phi) is 2.41. The predicted octanol–water partition coefficient (Wildman–Crippen LogP) is 3.63. The fourth-order valence-corrected chi connectivity index (χ4v) is 1.27. The van der Waals surface area contributed by atoms with Crippen LogP contribution in [0.4, 0.5) is 5.69 Å². The van der Waals surface area contributed by atoms with Crippen LogP contribution >= 0.6 is 23.2 Å². The van der Waals surface area contributed by atoms with Gasteiger partial charge in [-0.25, -0.2) is 0 Å². The van der Waals surface area contributed by atoms with Crippen molar-refractivity contribution in [3.63, 3.8) is 0 Å². The van der Waals surface area contributed by atoms with Gasteiger partial charge in [-0.1, -0.05) is 29.3 Å². The summed E-state index contributed by atoms with van der Waals surface area (Å²) in [6, 6.07) is 5.31. The van der Waals surface area contributed by atoms with E-state index in [1.807, 2.05) is 0 Å². The summed E-state index contributed by atoms with van der Waals surface area (Å²) in [6.45, 7) is 0.